The average Bonchev–Trinajstić information content (AvgIpc) is 2.38. The molecule has 4 heteroatoms. The van der Waals surface area contributed by atoms with Crippen molar-refractivity contribution in [2.75, 3.05) is 13.2 Å². The Morgan fingerprint density at radius 2 is 1.82 bits per heavy atom. The fourth-order valence-corrected chi connectivity index (χ4v) is 1.76. The maximum atomic E-state index is 5.56. The number of pyridine rings is 1. The average molecular weight is 229 g/mol. The van der Waals surface area contributed by atoms with Crippen LogP contribution in [0.1, 0.15) is 13.8 Å². The van der Waals surface area contributed by atoms with E-state index in [0.717, 1.165) is 16.4 Å². The molecule has 0 bridgehead atoms. The summed E-state index contributed by atoms with van der Waals surface area (Å²) < 4.78 is 11.1. The van der Waals surface area contributed by atoms with E-state index in [1.807, 2.05) is 44.3 Å². The number of benzene rings is 1. The van der Waals surface area contributed by atoms with Crippen LogP contribution in [-0.4, -0.2) is 25.3 Å². The first-order chi connectivity index (χ1) is 8.35. The van der Waals surface area contributed by atoms with Crippen molar-refractivity contribution >= 4 is 23.5 Å². The van der Waals surface area contributed by atoms with E-state index < -0.39 is 0 Å². The highest BCUT2D eigenvalue weighted by atomic mass is 16.6. The predicted molar refractivity (Wildman–Crippen MR) is 70.4 cm³/mol. The van der Waals surface area contributed by atoms with Crippen LogP contribution in [0.4, 0.5) is 0 Å². The van der Waals surface area contributed by atoms with Crippen LogP contribution in [0, 0.1) is 0 Å². The van der Waals surface area contributed by atoms with Crippen molar-refractivity contribution in [3.8, 4) is 0 Å². The largest absolute Gasteiger partial charge is 0.495 e. The van der Waals surface area contributed by atoms with E-state index in [2.05, 4.69) is 11.1 Å². The molecule has 0 atom stereocenters. The summed E-state index contributed by atoms with van der Waals surface area (Å²) in [4.78, 5) is 4.41. The second kappa shape index (κ2) is 5.80. The van der Waals surface area contributed by atoms with Gasteiger partial charge < -0.3 is 9.31 Å². The highest BCUT2D eigenvalue weighted by molar-refractivity contribution is 6.61. The summed E-state index contributed by atoms with van der Waals surface area (Å²) in [5.41, 5.74) is 1.95. The molecule has 0 aliphatic rings. The third-order valence-corrected chi connectivity index (χ3v) is 2.52. The lowest BCUT2D eigenvalue weighted by Gasteiger charge is -2.12. The van der Waals surface area contributed by atoms with Crippen molar-refractivity contribution in [2.45, 2.75) is 13.8 Å². The molecule has 3 nitrogen and oxygen atoms in total. The van der Waals surface area contributed by atoms with Gasteiger partial charge in [0.05, 0.1) is 5.52 Å². The van der Waals surface area contributed by atoms with Crippen LogP contribution < -0.4 is 5.46 Å². The highest BCUT2D eigenvalue weighted by Crippen LogP contribution is 2.08. The molecule has 0 spiro atoms. The molecule has 0 unspecified atom stereocenters. The molecule has 88 valence electrons. The first kappa shape index (κ1) is 12.1. The van der Waals surface area contributed by atoms with Gasteiger partial charge in [0, 0.05) is 24.9 Å². The fraction of sp³-hybridized carbons (Fsp3) is 0.308. The zero-order valence-corrected chi connectivity index (χ0v) is 10.2. The van der Waals surface area contributed by atoms with Crippen molar-refractivity contribution < 1.29 is 9.31 Å². The smallest absolute Gasteiger partial charge is 0.408 e. The van der Waals surface area contributed by atoms with Gasteiger partial charge in [-0.15, -0.1) is 0 Å². The number of nitrogens with zero attached hydrogens (tertiary/aromatic N) is 1. The van der Waals surface area contributed by atoms with E-state index in [9.17, 15) is 0 Å². The molecule has 2 aromatic rings. The Morgan fingerprint density at radius 1 is 1.12 bits per heavy atom. The van der Waals surface area contributed by atoms with Crippen LogP contribution in [0.5, 0.6) is 0 Å². The quantitative estimate of drug-likeness (QED) is 0.735. The molecule has 2 rings (SSSR count). The number of fused-ring (bicyclic) bond motifs is 1. The Balaban J connectivity index is 2.32. The van der Waals surface area contributed by atoms with Crippen LogP contribution in [0.2, 0.25) is 0 Å². The van der Waals surface area contributed by atoms with Gasteiger partial charge in [0.1, 0.15) is 0 Å². The standard InChI is InChI=1S/C13H16BNO2/c1-3-16-14(17-4-2)12-9-11-7-5-6-8-13(11)15-10-12/h5-10H,3-4H2,1-2H3. The molecule has 1 heterocycles. The number of rotatable bonds is 5. The lowest BCUT2D eigenvalue weighted by molar-refractivity contribution is 0.225. The maximum absolute atomic E-state index is 5.56. The molecular weight excluding hydrogens is 213 g/mol. The van der Waals surface area contributed by atoms with Crippen LogP contribution in [0.3, 0.4) is 0 Å². The summed E-state index contributed by atoms with van der Waals surface area (Å²) in [5, 5.41) is 1.11. The predicted octanol–water partition coefficient (Wildman–Crippen LogP) is 2.00. The Bertz CT molecular complexity index is 484. The van der Waals surface area contributed by atoms with Crippen LogP contribution >= 0.6 is 0 Å². The normalized spacial score (nSPS) is 10.7. The minimum Gasteiger partial charge on any atom is -0.408 e. The molecule has 0 saturated heterocycles. The molecule has 0 amide bonds. The zero-order chi connectivity index (χ0) is 12.1. The topological polar surface area (TPSA) is 31.4 Å². The number of aromatic nitrogens is 1. The van der Waals surface area contributed by atoms with Gasteiger partial charge in [0.15, 0.2) is 0 Å². The zero-order valence-electron chi connectivity index (χ0n) is 10.2. The molecule has 0 N–H and O–H groups in total. The number of hydrogen-bond acceptors (Lipinski definition) is 3. The molecule has 0 radical (unpaired) electrons. The van der Waals surface area contributed by atoms with Crippen molar-refractivity contribution in [1.82, 2.24) is 4.98 Å². The summed E-state index contributed by atoms with van der Waals surface area (Å²) in [7, 11) is -0.317. The lowest BCUT2D eigenvalue weighted by Crippen LogP contribution is -2.37. The van der Waals surface area contributed by atoms with Gasteiger partial charge in [0.2, 0.25) is 0 Å². The van der Waals surface area contributed by atoms with Gasteiger partial charge in [-0.05, 0) is 25.3 Å². The van der Waals surface area contributed by atoms with Crippen molar-refractivity contribution in [3.05, 3.63) is 36.5 Å². The van der Waals surface area contributed by atoms with Crippen molar-refractivity contribution in [3.63, 3.8) is 0 Å². The van der Waals surface area contributed by atoms with Gasteiger partial charge in [-0.1, -0.05) is 24.3 Å². The molecule has 1 aromatic heterocycles. The summed E-state index contributed by atoms with van der Waals surface area (Å²) >= 11 is 0. The van der Waals surface area contributed by atoms with E-state index in [1.54, 1.807) is 0 Å². The number of para-hydroxylation sites is 1. The second-order valence-electron chi connectivity index (χ2n) is 3.70. The monoisotopic (exact) mass is 229 g/mol. The number of hydrogen-bond donors (Lipinski definition) is 0. The van der Waals surface area contributed by atoms with E-state index in [-0.39, 0.29) is 7.12 Å². The minimum atomic E-state index is -0.317. The molecule has 1 aromatic carbocycles. The Kier molecular flexibility index (Phi) is 4.12. The Hall–Kier alpha value is -1.39. The van der Waals surface area contributed by atoms with E-state index >= 15 is 0 Å². The summed E-state index contributed by atoms with van der Waals surface area (Å²) in [6.07, 6.45) is 1.82. The SMILES string of the molecule is CCOB(OCC)c1cnc2ccccc2c1. The third kappa shape index (κ3) is 2.84. The summed E-state index contributed by atoms with van der Waals surface area (Å²) in [6.45, 7) is 5.16. The molecule has 0 saturated carbocycles. The van der Waals surface area contributed by atoms with Gasteiger partial charge >= 0.3 is 7.12 Å². The molecule has 17 heavy (non-hydrogen) atoms. The first-order valence-corrected chi connectivity index (χ1v) is 5.93. The van der Waals surface area contributed by atoms with Crippen LogP contribution in [0.25, 0.3) is 10.9 Å². The van der Waals surface area contributed by atoms with E-state index in [1.165, 1.54) is 0 Å². The Labute approximate surface area is 102 Å². The van der Waals surface area contributed by atoms with Crippen molar-refractivity contribution in [1.29, 1.82) is 0 Å². The fourth-order valence-electron chi connectivity index (χ4n) is 1.76. The van der Waals surface area contributed by atoms with Gasteiger partial charge in [0.25, 0.3) is 0 Å². The first-order valence-electron chi connectivity index (χ1n) is 5.93. The highest BCUT2D eigenvalue weighted by Gasteiger charge is 2.20. The van der Waals surface area contributed by atoms with E-state index in [0.29, 0.717) is 13.2 Å². The third-order valence-electron chi connectivity index (χ3n) is 2.52. The molecule has 0 aliphatic carbocycles. The lowest BCUT2D eigenvalue weighted by atomic mass is 9.79. The van der Waals surface area contributed by atoms with Crippen molar-refractivity contribution in [2.24, 2.45) is 0 Å². The van der Waals surface area contributed by atoms with Gasteiger partial charge in [-0.25, -0.2) is 0 Å². The van der Waals surface area contributed by atoms with Gasteiger partial charge in [-0.3, -0.25) is 4.98 Å². The summed E-state index contributed by atoms with van der Waals surface area (Å²) in [5.74, 6) is 0. The molecular formula is C13H16BNO2. The van der Waals surface area contributed by atoms with Crippen LogP contribution in [0.15, 0.2) is 36.5 Å². The second-order valence-corrected chi connectivity index (χ2v) is 3.70. The Morgan fingerprint density at radius 3 is 2.53 bits per heavy atom. The van der Waals surface area contributed by atoms with E-state index in [4.69, 9.17) is 9.31 Å². The van der Waals surface area contributed by atoms with Crippen LogP contribution in [-0.2, 0) is 9.31 Å². The van der Waals surface area contributed by atoms with Gasteiger partial charge in [-0.2, -0.15) is 0 Å². The maximum Gasteiger partial charge on any atom is 0.495 e. The molecule has 0 aliphatic heterocycles. The minimum absolute atomic E-state index is 0.317. The molecule has 0 fully saturated rings. The summed E-state index contributed by atoms with van der Waals surface area (Å²) in [6, 6.07) is 10.1.